The molecule has 7 atom stereocenters. The van der Waals surface area contributed by atoms with E-state index >= 15 is 0 Å². The van der Waals surface area contributed by atoms with Gasteiger partial charge < -0.3 is 40.3 Å². The first kappa shape index (κ1) is 47.2. The summed E-state index contributed by atoms with van der Waals surface area (Å²) >= 11 is 0. The predicted octanol–water partition coefficient (Wildman–Crippen LogP) is 8.00. The minimum Gasteiger partial charge on any atom is -0.394 e. The third-order valence-corrected chi connectivity index (χ3v) is 10.5. The second-order valence-electron chi connectivity index (χ2n) is 15.1. The van der Waals surface area contributed by atoms with Crippen molar-refractivity contribution in [2.75, 3.05) is 13.2 Å². The van der Waals surface area contributed by atoms with E-state index in [0.717, 1.165) is 38.5 Å². The molecule has 1 rings (SSSR count). The Bertz CT molecular complexity index is 756. The smallest absolute Gasteiger partial charge is 0.220 e. The Balaban J connectivity index is 2.36. The predicted molar refractivity (Wildman–Crippen MR) is 203 cm³/mol. The second-order valence-corrected chi connectivity index (χ2v) is 15.1. The van der Waals surface area contributed by atoms with Crippen LogP contribution in [0.2, 0.25) is 0 Å². The molecule has 1 aliphatic heterocycles. The maximum atomic E-state index is 12.9. The van der Waals surface area contributed by atoms with Crippen molar-refractivity contribution in [1.82, 2.24) is 5.32 Å². The van der Waals surface area contributed by atoms with E-state index in [1.54, 1.807) is 0 Å². The molecule has 1 fully saturated rings. The summed E-state index contributed by atoms with van der Waals surface area (Å²) in [7, 11) is 0. The number of amides is 1. The zero-order chi connectivity index (χ0) is 36.7. The summed E-state index contributed by atoms with van der Waals surface area (Å²) in [5, 5.41) is 54.2. The van der Waals surface area contributed by atoms with Crippen LogP contribution in [-0.4, -0.2) is 87.5 Å². The molecule has 0 spiro atoms. The van der Waals surface area contributed by atoms with Crippen LogP contribution in [0.1, 0.15) is 200 Å². The summed E-state index contributed by atoms with van der Waals surface area (Å²) in [5.74, 6) is -0.143. The SMILES string of the molecule is CCCCCCCCCCCCCCCCCC(=O)NC(COC1OC(CO)C(O)C(O)C1O)C(O)CCCCCCCCCCCCCC. The van der Waals surface area contributed by atoms with Gasteiger partial charge in [0.2, 0.25) is 5.91 Å². The van der Waals surface area contributed by atoms with Gasteiger partial charge in [-0.15, -0.1) is 0 Å². The molecule has 0 aliphatic carbocycles. The fourth-order valence-electron chi connectivity index (χ4n) is 6.98. The van der Waals surface area contributed by atoms with Crippen LogP contribution < -0.4 is 5.32 Å². The first-order valence-electron chi connectivity index (χ1n) is 21.2. The monoisotopic (exact) mass is 716 g/mol. The molecule has 0 aromatic carbocycles. The molecule has 1 saturated heterocycles. The lowest BCUT2D eigenvalue weighted by Crippen LogP contribution is -2.60. The third kappa shape index (κ3) is 23.7. The first-order valence-corrected chi connectivity index (χ1v) is 21.2. The van der Waals surface area contributed by atoms with Gasteiger partial charge in [-0.3, -0.25) is 4.79 Å². The van der Waals surface area contributed by atoms with Gasteiger partial charge in [-0.1, -0.05) is 181 Å². The van der Waals surface area contributed by atoms with Crippen LogP contribution in [0.4, 0.5) is 0 Å². The van der Waals surface area contributed by atoms with Crippen molar-refractivity contribution in [3.63, 3.8) is 0 Å². The molecule has 298 valence electrons. The van der Waals surface area contributed by atoms with Gasteiger partial charge in [-0.05, 0) is 12.8 Å². The molecule has 0 radical (unpaired) electrons. The average Bonchev–Trinajstić information content (AvgIpc) is 3.11. The Labute approximate surface area is 306 Å². The van der Waals surface area contributed by atoms with Crippen LogP contribution in [0.15, 0.2) is 0 Å². The molecule has 0 bridgehead atoms. The zero-order valence-electron chi connectivity index (χ0n) is 32.4. The van der Waals surface area contributed by atoms with Gasteiger partial charge >= 0.3 is 0 Å². The van der Waals surface area contributed by atoms with E-state index in [4.69, 9.17) is 9.47 Å². The third-order valence-electron chi connectivity index (χ3n) is 10.5. The minimum atomic E-state index is -1.55. The number of hydrogen-bond donors (Lipinski definition) is 6. The Morgan fingerprint density at radius 1 is 0.600 bits per heavy atom. The Morgan fingerprint density at radius 2 is 1.00 bits per heavy atom. The highest BCUT2D eigenvalue weighted by Crippen LogP contribution is 2.23. The molecule has 1 heterocycles. The maximum absolute atomic E-state index is 12.9. The molecule has 6 N–H and O–H groups in total. The normalized spacial score (nSPS) is 22.1. The summed E-state index contributed by atoms with van der Waals surface area (Å²) in [5.41, 5.74) is 0. The lowest BCUT2D eigenvalue weighted by molar-refractivity contribution is -0.302. The first-order chi connectivity index (χ1) is 24.3. The summed E-state index contributed by atoms with van der Waals surface area (Å²) in [6.45, 7) is 3.83. The quantitative estimate of drug-likeness (QED) is 0.0362. The van der Waals surface area contributed by atoms with E-state index in [-0.39, 0.29) is 12.5 Å². The van der Waals surface area contributed by atoms with E-state index in [9.17, 15) is 30.3 Å². The number of rotatable bonds is 35. The molecule has 1 amide bonds. The lowest BCUT2D eigenvalue weighted by Gasteiger charge is -2.40. The fourth-order valence-corrected chi connectivity index (χ4v) is 6.98. The number of aliphatic hydroxyl groups is 5. The van der Waals surface area contributed by atoms with Gasteiger partial charge in [-0.2, -0.15) is 0 Å². The fraction of sp³-hybridized carbons (Fsp3) is 0.976. The Kier molecular flexibility index (Phi) is 31.0. The molecule has 0 aromatic rings. The van der Waals surface area contributed by atoms with Crippen LogP contribution in [0.5, 0.6) is 0 Å². The molecule has 50 heavy (non-hydrogen) atoms. The summed E-state index contributed by atoms with van der Waals surface area (Å²) < 4.78 is 11.2. The van der Waals surface area contributed by atoms with Crippen LogP contribution in [0.3, 0.4) is 0 Å². The van der Waals surface area contributed by atoms with Crippen molar-refractivity contribution in [2.45, 2.75) is 243 Å². The maximum Gasteiger partial charge on any atom is 0.220 e. The molecular weight excluding hydrogens is 634 g/mol. The van der Waals surface area contributed by atoms with Gasteiger partial charge in [0, 0.05) is 6.42 Å². The number of unbranched alkanes of at least 4 members (excludes halogenated alkanes) is 25. The average molecular weight is 716 g/mol. The van der Waals surface area contributed by atoms with Gasteiger partial charge in [0.1, 0.15) is 24.4 Å². The van der Waals surface area contributed by atoms with Gasteiger partial charge in [-0.25, -0.2) is 0 Å². The summed E-state index contributed by atoms with van der Waals surface area (Å²) in [4.78, 5) is 12.9. The standard InChI is InChI=1S/C41H81NO8/c1-3-5-7-9-11-13-15-17-18-19-21-23-25-27-29-31-37(45)42-34(33-49-41-40(48)39(47)38(46)36(32-43)50-41)35(44)30-28-26-24-22-20-16-14-12-10-8-6-4-2/h34-36,38-41,43-44,46-48H,3-33H2,1-2H3,(H,42,45). The van der Waals surface area contributed by atoms with Crippen LogP contribution in [0, 0.1) is 0 Å². The Morgan fingerprint density at radius 3 is 1.42 bits per heavy atom. The molecule has 1 aliphatic rings. The van der Waals surface area contributed by atoms with E-state index < -0.39 is 49.5 Å². The van der Waals surface area contributed by atoms with Crippen molar-refractivity contribution < 1.29 is 39.8 Å². The van der Waals surface area contributed by atoms with E-state index in [0.29, 0.717) is 12.8 Å². The number of aliphatic hydroxyl groups excluding tert-OH is 5. The number of nitrogens with one attached hydrogen (secondary N) is 1. The zero-order valence-corrected chi connectivity index (χ0v) is 32.4. The number of carbonyl (C=O) groups is 1. The lowest BCUT2D eigenvalue weighted by atomic mass is 9.99. The summed E-state index contributed by atoms with van der Waals surface area (Å²) in [6, 6.07) is -0.709. The van der Waals surface area contributed by atoms with Crippen molar-refractivity contribution in [1.29, 1.82) is 0 Å². The van der Waals surface area contributed by atoms with Crippen LogP contribution >= 0.6 is 0 Å². The second kappa shape index (κ2) is 32.8. The van der Waals surface area contributed by atoms with Crippen LogP contribution in [-0.2, 0) is 14.3 Å². The van der Waals surface area contributed by atoms with Crippen molar-refractivity contribution >= 4 is 5.91 Å². The topological polar surface area (TPSA) is 149 Å². The number of carbonyl (C=O) groups excluding carboxylic acids is 1. The van der Waals surface area contributed by atoms with Gasteiger partial charge in [0.25, 0.3) is 0 Å². The number of ether oxygens (including phenoxy) is 2. The van der Waals surface area contributed by atoms with E-state index in [1.807, 2.05) is 0 Å². The largest absolute Gasteiger partial charge is 0.394 e. The number of hydrogen-bond acceptors (Lipinski definition) is 8. The molecule has 9 heteroatoms. The molecule has 0 aromatic heterocycles. The van der Waals surface area contributed by atoms with E-state index in [1.165, 1.54) is 135 Å². The van der Waals surface area contributed by atoms with Gasteiger partial charge in [0.15, 0.2) is 6.29 Å². The van der Waals surface area contributed by atoms with E-state index in [2.05, 4.69) is 19.2 Å². The minimum absolute atomic E-state index is 0.132. The molecular formula is C41H81NO8. The molecule has 9 nitrogen and oxygen atoms in total. The Hall–Kier alpha value is -0.810. The van der Waals surface area contributed by atoms with Crippen molar-refractivity contribution in [3.8, 4) is 0 Å². The molecule has 7 unspecified atom stereocenters. The van der Waals surface area contributed by atoms with Crippen molar-refractivity contribution in [2.24, 2.45) is 0 Å². The summed E-state index contributed by atoms with van der Waals surface area (Å²) in [6.07, 6.45) is 26.7. The highest BCUT2D eigenvalue weighted by molar-refractivity contribution is 5.76. The van der Waals surface area contributed by atoms with Gasteiger partial charge in [0.05, 0.1) is 25.4 Å². The van der Waals surface area contributed by atoms with Crippen LogP contribution in [0.25, 0.3) is 0 Å². The highest BCUT2D eigenvalue weighted by atomic mass is 16.7. The highest BCUT2D eigenvalue weighted by Gasteiger charge is 2.44. The molecule has 0 saturated carbocycles. The van der Waals surface area contributed by atoms with Crippen molar-refractivity contribution in [3.05, 3.63) is 0 Å².